The molecule has 1 aromatic heterocycles. The van der Waals surface area contributed by atoms with Gasteiger partial charge in [-0.15, -0.1) is 0 Å². The highest BCUT2D eigenvalue weighted by atomic mass is 32.2. The van der Waals surface area contributed by atoms with Crippen LogP contribution in [0.4, 0.5) is 0 Å². The van der Waals surface area contributed by atoms with Crippen molar-refractivity contribution < 1.29 is 4.79 Å². The zero-order chi connectivity index (χ0) is 21.6. The highest BCUT2D eigenvalue weighted by molar-refractivity contribution is 7.98. The summed E-state index contributed by atoms with van der Waals surface area (Å²) in [5.74, 6) is 0.795. The number of benzene rings is 3. The van der Waals surface area contributed by atoms with Crippen molar-refractivity contribution in [3.8, 4) is 0 Å². The maximum absolute atomic E-state index is 12.9. The van der Waals surface area contributed by atoms with Gasteiger partial charge in [0.2, 0.25) is 0 Å². The molecule has 0 aliphatic heterocycles. The maximum atomic E-state index is 12.9. The fourth-order valence-electron chi connectivity index (χ4n) is 3.57. The van der Waals surface area contributed by atoms with E-state index in [-0.39, 0.29) is 5.91 Å². The molecule has 0 bridgehead atoms. The van der Waals surface area contributed by atoms with Crippen LogP contribution < -0.4 is 4.80 Å². The fraction of sp³-hybridized carbons (Fsp3) is 0.231. The molecule has 1 amide bonds. The summed E-state index contributed by atoms with van der Waals surface area (Å²) in [5, 5.41) is 0. The second kappa shape index (κ2) is 10.1. The minimum Gasteiger partial charge on any atom is -0.316 e. The molecule has 0 radical (unpaired) electrons. The van der Waals surface area contributed by atoms with Gasteiger partial charge < -0.3 is 4.57 Å². The average Bonchev–Trinajstić information content (AvgIpc) is 3.14. The zero-order valence-corrected chi connectivity index (χ0v) is 19.5. The van der Waals surface area contributed by atoms with Crippen LogP contribution >= 0.6 is 23.1 Å². The molecule has 31 heavy (non-hydrogen) atoms. The van der Waals surface area contributed by atoms with Crippen LogP contribution in [0.2, 0.25) is 0 Å². The summed E-state index contributed by atoms with van der Waals surface area (Å²) in [6.07, 6.45) is 3.96. The number of rotatable bonds is 7. The maximum Gasteiger partial charge on any atom is 0.279 e. The van der Waals surface area contributed by atoms with Crippen molar-refractivity contribution in [2.24, 2.45) is 4.99 Å². The van der Waals surface area contributed by atoms with E-state index in [9.17, 15) is 4.79 Å². The molecular weight excluding hydrogens is 420 g/mol. The summed E-state index contributed by atoms with van der Waals surface area (Å²) < 4.78 is 3.36. The lowest BCUT2D eigenvalue weighted by Crippen LogP contribution is -2.18. The number of amides is 1. The molecule has 0 atom stereocenters. The van der Waals surface area contributed by atoms with Crippen LogP contribution in [0.1, 0.15) is 34.0 Å². The van der Waals surface area contributed by atoms with Crippen LogP contribution in [-0.4, -0.2) is 22.5 Å². The van der Waals surface area contributed by atoms with Crippen LogP contribution in [0.5, 0.6) is 0 Å². The average molecular weight is 447 g/mol. The zero-order valence-electron chi connectivity index (χ0n) is 17.9. The van der Waals surface area contributed by atoms with Gasteiger partial charge in [0.15, 0.2) is 4.80 Å². The number of thioether (sulfide) groups is 1. The van der Waals surface area contributed by atoms with E-state index in [1.807, 2.05) is 42.5 Å². The van der Waals surface area contributed by atoms with Crippen LogP contribution in [-0.2, 0) is 19.4 Å². The van der Waals surface area contributed by atoms with Gasteiger partial charge in [-0.1, -0.05) is 66.8 Å². The summed E-state index contributed by atoms with van der Waals surface area (Å²) in [4.78, 5) is 18.2. The predicted octanol–water partition coefficient (Wildman–Crippen LogP) is 5.96. The molecule has 0 fully saturated rings. The minimum absolute atomic E-state index is 0.188. The second-order valence-corrected chi connectivity index (χ2v) is 9.46. The van der Waals surface area contributed by atoms with Gasteiger partial charge in [0, 0.05) is 17.9 Å². The van der Waals surface area contributed by atoms with E-state index in [0.717, 1.165) is 35.5 Å². The number of hydrogen-bond acceptors (Lipinski definition) is 3. The number of thiazole rings is 1. The summed E-state index contributed by atoms with van der Waals surface area (Å²) in [7, 11) is 0. The third-order valence-electron chi connectivity index (χ3n) is 5.32. The Morgan fingerprint density at radius 3 is 2.39 bits per heavy atom. The van der Waals surface area contributed by atoms with Crippen LogP contribution in [0.3, 0.4) is 0 Å². The van der Waals surface area contributed by atoms with Gasteiger partial charge >= 0.3 is 0 Å². The van der Waals surface area contributed by atoms with Gasteiger partial charge in [-0.25, -0.2) is 0 Å². The molecule has 0 aliphatic carbocycles. The molecule has 3 aromatic carbocycles. The number of aryl methyl sites for hydroxylation is 2. The van der Waals surface area contributed by atoms with Crippen molar-refractivity contribution >= 4 is 39.2 Å². The van der Waals surface area contributed by atoms with Gasteiger partial charge in [-0.05, 0) is 60.1 Å². The summed E-state index contributed by atoms with van der Waals surface area (Å²) in [6.45, 7) is 3.00. The SMILES string of the molecule is CCc1ccc2c(c1)sc(=NC(=O)c1ccc(Cc3ccccc3)cc1)n2CCSC. The Labute approximate surface area is 191 Å². The molecule has 0 saturated heterocycles. The first kappa shape index (κ1) is 21.6. The number of carbonyl (C=O) groups is 1. The van der Waals surface area contributed by atoms with Gasteiger partial charge in [-0.3, -0.25) is 4.79 Å². The van der Waals surface area contributed by atoms with E-state index in [4.69, 9.17) is 0 Å². The first-order chi connectivity index (χ1) is 15.2. The van der Waals surface area contributed by atoms with E-state index in [1.165, 1.54) is 21.4 Å². The molecule has 0 spiro atoms. The molecule has 3 nitrogen and oxygen atoms in total. The quantitative estimate of drug-likeness (QED) is 0.351. The normalized spacial score (nSPS) is 11.9. The van der Waals surface area contributed by atoms with E-state index >= 15 is 0 Å². The molecule has 1 heterocycles. The molecule has 158 valence electrons. The topological polar surface area (TPSA) is 34.4 Å². The van der Waals surface area contributed by atoms with Crippen molar-refractivity contribution in [3.05, 3.63) is 99.9 Å². The lowest BCUT2D eigenvalue weighted by Gasteiger charge is -2.05. The Bertz CT molecular complexity index is 1240. The highest BCUT2D eigenvalue weighted by Gasteiger charge is 2.10. The van der Waals surface area contributed by atoms with E-state index < -0.39 is 0 Å². The number of nitrogens with zero attached hydrogens (tertiary/aromatic N) is 2. The lowest BCUT2D eigenvalue weighted by molar-refractivity contribution is 0.0998. The molecule has 4 rings (SSSR count). The van der Waals surface area contributed by atoms with E-state index in [0.29, 0.717) is 5.56 Å². The molecular formula is C26H26N2OS2. The van der Waals surface area contributed by atoms with Crippen molar-refractivity contribution in [3.63, 3.8) is 0 Å². The summed E-state index contributed by atoms with van der Waals surface area (Å²) in [6, 6.07) is 24.7. The third-order valence-corrected chi connectivity index (χ3v) is 6.96. The van der Waals surface area contributed by atoms with Gasteiger partial charge in [0.25, 0.3) is 5.91 Å². The Morgan fingerprint density at radius 2 is 1.68 bits per heavy atom. The van der Waals surface area contributed by atoms with E-state index in [1.54, 1.807) is 23.1 Å². The Morgan fingerprint density at radius 1 is 0.968 bits per heavy atom. The fourth-order valence-corrected chi connectivity index (χ4v) is 5.05. The molecule has 4 aromatic rings. The standard InChI is InChI=1S/C26H26N2OS2/c1-3-19-11-14-23-24(18-19)31-26(28(23)15-16-30-2)27-25(29)22-12-9-21(10-13-22)17-20-7-5-4-6-8-20/h4-14,18H,3,15-17H2,1-2H3. The molecule has 0 aliphatic rings. The first-order valence-electron chi connectivity index (χ1n) is 10.5. The van der Waals surface area contributed by atoms with Crippen LogP contribution in [0, 0.1) is 0 Å². The molecule has 0 N–H and O–H groups in total. The van der Waals surface area contributed by atoms with Crippen molar-refractivity contribution in [1.82, 2.24) is 4.57 Å². The molecule has 0 unspecified atom stereocenters. The Balaban J connectivity index is 1.63. The van der Waals surface area contributed by atoms with E-state index in [2.05, 4.69) is 53.1 Å². The van der Waals surface area contributed by atoms with Crippen molar-refractivity contribution in [2.75, 3.05) is 12.0 Å². The Hall–Kier alpha value is -2.63. The monoisotopic (exact) mass is 446 g/mol. The van der Waals surface area contributed by atoms with Crippen molar-refractivity contribution in [1.29, 1.82) is 0 Å². The van der Waals surface area contributed by atoms with Gasteiger partial charge in [0.05, 0.1) is 10.2 Å². The highest BCUT2D eigenvalue weighted by Crippen LogP contribution is 2.20. The van der Waals surface area contributed by atoms with Gasteiger partial charge in [0.1, 0.15) is 0 Å². The predicted molar refractivity (Wildman–Crippen MR) is 133 cm³/mol. The number of aromatic nitrogens is 1. The number of hydrogen-bond donors (Lipinski definition) is 0. The number of carbonyl (C=O) groups excluding carboxylic acids is 1. The summed E-state index contributed by atoms with van der Waals surface area (Å²) >= 11 is 3.40. The summed E-state index contributed by atoms with van der Waals surface area (Å²) in [5.41, 5.74) is 5.53. The second-order valence-electron chi connectivity index (χ2n) is 7.46. The largest absolute Gasteiger partial charge is 0.316 e. The number of fused-ring (bicyclic) bond motifs is 1. The van der Waals surface area contributed by atoms with Crippen molar-refractivity contribution in [2.45, 2.75) is 26.3 Å². The molecule has 0 saturated carbocycles. The van der Waals surface area contributed by atoms with Crippen LogP contribution in [0.25, 0.3) is 10.2 Å². The Kier molecular flexibility index (Phi) is 7.05. The first-order valence-corrected chi connectivity index (χ1v) is 12.7. The third kappa shape index (κ3) is 5.17. The lowest BCUT2D eigenvalue weighted by atomic mass is 10.0. The van der Waals surface area contributed by atoms with Crippen LogP contribution in [0.15, 0.2) is 77.8 Å². The minimum atomic E-state index is -0.188. The molecule has 5 heteroatoms. The van der Waals surface area contributed by atoms with Gasteiger partial charge in [-0.2, -0.15) is 16.8 Å². The smallest absolute Gasteiger partial charge is 0.279 e.